The van der Waals surface area contributed by atoms with Crippen molar-refractivity contribution in [2.75, 3.05) is 11.4 Å². The molecule has 1 aliphatic heterocycles. The van der Waals surface area contributed by atoms with E-state index in [1.165, 1.54) is 11.3 Å². The summed E-state index contributed by atoms with van der Waals surface area (Å²) in [5, 5.41) is 4.68. The number of fused-ring (bicyclic) bond motifs is 2. The topological polar surface area (TPSA) is 46.3 Å². The molecule has 0 spiro atoms. The lowest BCUT2D eigenvalue weighted by molar-refractivity contribution is 0.687. The molecule has 0 saturated carbocycles. The number of aryl methyl sites for hydroxylation is 1. The Morgan fingerprint density at radius 1 is 1.00 bits per heavy atom. The highest BCUT2D eigenvalue weighted by molar-refractivity contribution is 5.67. The molecule has 5 rings (SSSR count). The van der Waals surface area contributed by atoms with Crippen LogP contribution in [0.4, 0.5) is 5.82 Å². The zero-order chi connectivity index (χ0) is 17.5. The molecule has 4 heterocycles. The molecule has 0 aliphatic carbocycles. The van der Waals surface area contributed by atoms with Crippen molar-refractivity contribution in [1.29, 1.82) is 0 Å². The van der Waals surface area contributed by atoms with Gasteiger partial charge in [0.2, 0.25) is 0 Å². The largest absolute Gasteiger partial charge is 0.352 e. The van der Waals surface area contributed by atoms with Gasteiger partial charge >= 0.3 is 0 Å². The molecule has 0 radical (unpaired) electrons. The number of hydrogen-bond acceptors (Lipinski definition) is 4. The molecular weight excluding hydrogens is 322 g/mol. The van der Waals surface area contributed by atoms with E-state index < -0.39 is 0 Å². The molecule has 26 heavy (non-hydrogen) atoms. The minimum Gasteiger partial charge on any atom is -0.352 e. The van der Waals surface area contributed by atoms with Gasteiger partial charge in [-0.25, -0.2) is 4.98 Å². The van der Waals surface area contributed by atoms with Crippen LogP contribution >= 0.6 is 0 Å². The Morgan fingerprint density at radius 2 is 1.88 bits per heavy atom. The Kier molecular flexibility index (Phi) is 3.45. The van der Waals surface area contributed by atoms with Gasteiger partial charge in [-0.1, -0.05) is 36.4 Å². The second-order valence-electron chi connectivity index (χ2n) is 6.70. The molecule has 0 N–H and O–H groups in total. The third kappa shape index (κ3) is 2.52. The predicted octanol–water partition coefficient (Wildman–Crippen LogP) is 3.66. The van der Waals surface area contributed by atoms with E-state index >= 15 is 0 Å². The maximum Gasteiger partial charge on any atom is 0.158 e. The van der Waals surface area contributed by atoms with E-state index in [-0.39, 0.29) is 0 Å². The van der Waals surface area contributed by atoms with Gasteiger partial charge in [0.1, 0.15) is 5.82 Å². The van der Waals surface area contributed by atoms with Crippen LogP contribution in [0.15, 0.2) is 60.8 Å². The van der Waals surface area contributed by atoms with Gasteiger partial charge in [0.15, 0.2) is 5.65 Å². The summed E-state index contributed by atoms with van der Waals surface area (Å²) in [6.07, 6.45) is 2.82. The molecule has 4 aromatic rings. The van der Waals surface area contributed by atoms with Gasteiger partial charge in [-0.15, -0.1) is 0 Å². The van der Waals surface area contributed by atoms with Crippen LogP contribution in [0.25, 0.3) is 16.9 Å². The highest BCUT2D eigenvalue weighted by atomic mass is 15.3. The van der Waals surface area contributed by atoms with Crippen molar-refractivity contribution in [1.82, 2.24) is 19.6 Å². The number of hydrogen-bond donors (Lipinski definition) is 0. The van der Waals surface area contributed by atoms with Gasteiger partial charge in [-0.3, -0.25) is 4.98 Å². The Labute approximate surface area is 152 Å². The van der Waals surface area contributed by atoms with Gasteiger partial charge < -0.3 is 4.90 Å². The fourth-order valence-electron chi connectivity index (χ4n) is 3.62. The highest BCUT2D eigenvalue weighted by Crippen LogP contribution is 2.28. The standard InChI is InChI=1S/C21H19N5/c1-15-12-20-23-19(16-6-3-2-4-7-16)13-21(26(20)24-15)25-11-9-18-17(14-25)8-5-10-22-18/h2-8,10,12-13H,9,11,14H2,1H3. The molecule has 5 nitrogen and oxygen atoms in total. The second kappa shape index (κ2) is 5.95. The average molecular weight is 341 g/mol. The van der Waals surface area contributed by atoms with E-state index in [0.29, 0.717) is 0 Å². The Balaban J connectivity index is 1.65. The van der Waals surface area contributed by atoms with Gasteiger partial charge in [0.05, 0.1) is 11.4 Å². The van der Waals surface area contributed by atoms with Gasteiger partial charge in [-0.05, 0) is 18.6 Å². The monoisotopic (exact) mass is 341 g/mol. The lowest BCUT2D eigenvalue weighted by atomic mass is 10.1. The van der Waals surface area contributed by atoms with Crippen LogP contribution in [0.3, 0.4) is 0 Å². The summed E-state index contributed by atoms with van der Waals surface area (Å²) in [4.78, 5) is 11.7. The van der Waals surface area contributed by atoms with Crippen LogP contribution in [-0.4, -0.2) is 26.1 Å². The minimum absolute atomic E-state index is 0.843. The molecule has 0 atom stereocenters. The summed E-state index contributed by atoms with van der Waals surface area (Å²) in [5.74, 6) is 1.08. The summed E-state index contributed by atoms with van der Waals surface area (Å²) >= 11 is 0. The molecule has 0 bridgehead atoms. The van der Waals surface area contributed by atoms with Crippen molar-refractivity contribution in [3.05, 3.63) is 77.7 Å². The molecule has 128 valence electrons. The van der Waals surface area contributed by atoms with Crippen LogP contribution in [0.2, 0.25) is 0 Å². The molecule has 0 saturated heterocycles. The van der Waals surface area contributed by atoms with Crippen LogP contribution < -0.4 is 4.90 Å². The molecule has 1 aliphatic rings. The summed E-state index contributed by atoms with van der Waals surface area (Å²) in [7, 11) is 0. The van der Waals surface area contributed by atoms with E-state index in [4.69, 9.17) is 4.98 Å². The normalized spacial score (nSPS) is 13.8. The van der Waals surface area contributed by atoms with E-state index in [0.717, 1.165) is 47.9 Å². The fraction of sp³-hybridized carbons (Fsp3) is 0.190. The number of benzene rings is 1. The minimum atomic E-state index is 0.843. The summed E-state index contributed by atoms with van der Waals surface area (Å²) in [6.45, 7) is 3.78. The molecule has 0 amide bonds. The third-order valence-corrected chi connectivity index (χ3v) is 4.89. The zero-order valence-corrected chi connectivity index (χ0v) is 14.6. The van der Waals surface area contributed by atoms with Gasteiger partial charge in [0.25, 0.3) is 0 Å². The van der Waals surface area contributed by atoms with Crippen molar-refractivity contribution < 1.29 is 0 Å². The number of rotatable bonds is 2. The van der Waals surface area contributed by atoms with Crippen LogP contribution in [-0.2, 0) is 13.0 Å². The lowest BCUT2D eigenvalue weighted by Gasteiger charge is -2.30. The Morgan fingerprint density at radius 3 is 2.77 bits per heavy atom. The van der Waals surface area contributed by atoms with E-state index in [1.807, 2.05) is 48.0 Å². The number of anilines is 1. The number of aromatic nitrogens is 4. The second-order valence-corrected chi connectivity index (χ2v) is 6.70. The van der Waals surface area contributed by atoms with E-state index in [1.54, 1.807) is 0 Å². The predicted molar refractivity (Wildman–Crippen MR) is 102 cm³/mol. The van der Waals surface area contributed by atoms with Crippen LogP contribution in [0, 0.1) is 6.92 Å². The molecule has 0 fully saturated rings. The SMILES string of the molecule is Cc1cc2nc(-c3ccccc3)cc(N3CCc4ncccc4C3)n2n1. The smallest absolute Gasteiger partial charge is 0.158 e. The van der Waals surface area contributed by atoms with Crippen LogP contribution in [0.5, 0.6) is 0 Å². The summed E-state index contributed by atoms with van der Waals surface area (Å²) in [6, 6.07) is 18.7. The highest BCUT2D eigenvalue weighted by Gasteiger charge is 2.21. The number of nitrogens with zero attached hydrogens (tertiary/aromatic N) is 5. The van der Waals surface area contributed by atoms with Crippen molar-refractivity contribution in [3.63, 3.8) is 0 Å². The maximum absolute atomic E-state index is 4.83. The zero-order valence-electron chi connectivity index (χ0n) is 14.6. The van der Waals surface area contributed by atoms with Crippen molar-refractivity contribution in [2.24, 2.45) is 0 Å². The van der Waals surface area contributed by atoms with E-state index in [9.17, 15) is 0 Å². The third-order valence-electron chi connectivity index (χ3n) is 4.89. The molecule has 0 unspecified atom stereocenters. The first-order valence-corrected chi connectivity index (χ1v) is 8.88. The molecule has 5 heteroatoms. The molecular formula is C21H19N5. The summed E-state index contributed by atoms with van der Waals surface area (Å²) < 4.78 is 1.96. The first kappa shape index (κ1) is 15.1. The van der Waals surface area contributed by atoms with Gasteiger partial charge in [-0.2, -0.15) is 9.61 Å². The summed E-state index contributed by atoms with van der Waals surface area (Å²) in [5.41, 5.74) is 6.45. The van der Waals surface area contributed by atoms with Crippen LogP contribution in [0.1, 0.15) is 17.0 Å². The van der Waals surface area contributed by atoms with Crippen molar-refractivity contribution in [2.45, 2.75) is 19.9 Å². The average Bonchev–Trinajstić information content (AvgIpc) is 3.07. The van der Waals surface area contributed by atoms with E-state index in [2.05, 4.69) is 39.2 Å². The quantitative estimate of drug-likeness (QED) is 0.558. The molecule has 3 aromatic heterocycles. The molecule has 1 aromatic carbocycles. The number of pyridine rings is 1. The first-order valence-electron chi connectivity index (χ1n) is 8.88. The van der Waals surface area contributed by atoms with Gasteiger partial charge in [0, 0.05) is 49.1 Å². The fourth-order valence-corrected chi connectivity index (χ4v) is 3.62. The lowest BCUT2D eigenvalue weighted by Crippen LogP contribution is -2.32. The van der Waals surface area contributed by atoms with Crippen molar-refractivity contribution in [3.8, 4) is 11.3 Å². The van der Waals surface area contributed by atoms with Crippen molar-refractivity contribution >= 4 is 11.5 Å². The Hall–Kier alpha value is -3.21. The first-order chi connectivity index (χ1) is 12.8. The Bertz CT molecular complexity index is 1080. The maximum atomic E-state index is 4.83.